The SMILES string of the molecule is COc1cccc(N2CC(C(=O)Nc3cnc(Oc4ccccc4F)nc3)CC2=O)c1. The zero-order chi connectivity index (χ0) is 21.8. The van der Waals surface area contributed by atoms with Gasteiger partial charge in [-0.05, 0) is 24.3 Å². The number of carbonyl (C=O) groups excluding carboxylic acids is 2. The molecule has 1 atom stereocenters. The predicted molar refractivity (Wildman–Crippen MR) is 111 cm³/mol. The van der Waals surface area contributed by atoms with Crippen molar-refractivity contribution in [2.75, 3.05) is 23.9 Å². The molecule has 158 valence electrons. The summed E-state index contributed by atoms with van der Waals surface area (Å²) in [6.07, 6.45) is 2.81. The number of halogens is 1. The molecule has 4 rings (SSSR count). The van der Waals surface area contributed by atoms with Gasteiger partial charge in [0.15, 0.2) is 11.6 Å². The molecule has 0 bridgehead atoms. The highest BCUT2D eigenvalue weighted by molar-refractivity contribution is 6.03. The van der Waals surface area contributed by atoms with Crippen molar-refractivity contribution in [3.8, 4) is 17.5 Å². The Bertz CT molecular complexity index is 1110. The number of anilines is 2. The molecule has 2 heterocycles. The summed E-state index contributed by atoms with van der Waals surface area (Å²) >= 11 is 0. The van der Waals surface area contributed by atoms with E-state index < -0.39 is 11.7 Å². The van der Waals surface area contributed by atoms with Crippen molar-refractivity contribution < 1.29 is 23.5 Å². The highest BCUT2D eigenvalue weighted by Crippen LogP contribution is 2.28. The van der Waals surface area contributed by atoms with Gasteiger partial charge in [0.1, 0.15) is 5.75 Å². The summed E-state index contributed by atoms with van der Waals surface area (Å²) in [6.45, 7) is 0.257. The lowest BCUT2D eigenvalue weighted by atomic mass is 10.1. The number of nitrogens with zero attached hydrogens (tertiary/aromatic N) is 3. The number of methoxy groups -OCH3 is 1. The molecule has 0 saturated carbocycles. The smallest absolute Gasteiger partial charge is 0.322 e. The Hall–Kier alpha value is -4.01. The van der Waals surface area contributed by atoms with Gasteiger partial charge in [-0.25, -0.2) is 14.4 Å². The number of carbonyl (C=O) groups is 2. The second-order valence-electron chi connectivity index (χ2n) is 6.88. The number of rotatable bonds is 6. The third kappa shape index (κ3) is 4.61. The van der Waals surface area contributed by atoms with E-state index >= 15 is 0 Å². The van der Waals surface area contributed by atoms with Crippen LogP contribution in [0.1, 0.15) is 6.42 Å². The first kappa shape index (κ1) is 20.3. The molecule has 0 aliphatic carbocycles. The fraction of sp³-hybridized carbons (Fsp3) is 0.182. The number of amides is 2. The highest BCUT2D eigenvalue weighted by Gasteiger charge is 2.35. The minimum atomic E-state index is -0.532. The number of hydrogen-bond acceptors (Lipinski definition) is 6. The number of benzene rings is 2. The van der Waals surface area contributed by atoms with Crippen LogP contribution < -0.4 is 19.7 Å². The van der Waals surface area contributed by atoms with Gasteiger partial charge in [-0.3, -0.25) is 9.59 Å². The largest absolute Gasteiger partial charge is 0.497 e. The first-order valence-electron chi connectivity index (χ1n) is 9.53. The minimum absolute atomic E-state index is 0.00128. The molecule has 2 amide bonds. The van der Waals surface area contributed by atoms with Crippen molar-refractivity contribution in [2.45, 2.75) is 6.42 Å². The van der Waals surface area contributed by atoms with Crippen LogP contribution in [0.4, 0.5) is 15.8 Å². The van der Waals surface area contributed by atoms with E-state index in [1.807, 2.05) is 0 Å². The molecule has 1 unspecified atom stereocenters. The molecule has 1 saturated heterocycles. The zero-order valence-electron chi connectivity index (χ0n) is 16.6. The number of para-hydroxylation sites is 1. The molecule has 1 fully saturated rings. The second-order valence-corrected chi connectivity index (χ2v) is 6.88. The van der Waals surface area contributed by atoms with E-state index in [0.717, 1.165) is 0 Å². The van der Waals surface area contributed by atoms with Gasteiger partial charge in [0.25, 0.3) is 0 Å². The lowest BCUT2D eigenvalue weighted by Crippen LogP contribution is -2.28. The molecule has 0 radical (unpaired) electrons. The van der Waals surface area contributed by atoms with Gasteiger partial charge in [-0.1, -0.05) is 18.2 Å². The van der Waals surface area contributed by atoms with Gasteiger partial charge in [0, 0.05) is 24.7 Å². The van der Waals surface area contributed by atoms with E-state index in [9.17, 15) is 14.0 Å². The van der Waals surface area contributed by atoms with Gasteiger partial charge in [-0.15, -0.1) is 0 Å². The Labute approximate surface area is 177 Å². The standard InChI is InChI=1S/C22H19FN4O4/c1-30-17-6-4-5-16(10-17)27-13-14(9-20(27)28)21(29)26-15-11-24-22(25-12-15)31-19-8-3-2-7-18(19)23/h2-8,10-12,14H,9,13H2,1H3,(H,26,29). The quantitative estimate of drug-likeness (QED) is 0.654. The average molecular weight is 422 g/mol. The molecule has 31 heavy (non-hydrogen) atoms. The van der Waals surface area contributed by atoms with Crippen molar-refractivity contribution in [1.29, 1.82) is 0 Å². The summed E-state index contributed by atoms with van der Waals surface area (Å²) < 4.78 is 24.1. The van der Waals surface area contributed by atoms with Crippen LogP contribution in [-0.2, 0) is 9.59 Å². The number of aromatic nitrogens is 2. The Morgan fingerprint density at radius 1 is 1.16 bits per heavy atom. The number of nitrogens with one attached hydrogen (secondary N) is 1. The van der Waals surface area contributed by atoms with Crippen molar-refractivity contribution in [1.82, 2.24) is 9.97 Å². The molecule has 1 N–H and O–H groups in total. The Morgan fingerprint density at radius 3 is 2.68 bits per heavy atom. The van der Waals surface area contributed by atoms with Crippen LogP contribution in [0, 0.1) is 11.7 Å². The van der Waals surface area contributed by atoms with Crippen molar-refractivity contribution in [3.05, 3.63) is 66.7 Å². The van der Waals surface area contributed by atoms with E-state index in [4.69, 9.17) is 9.47 Å². The summed E-state index contributed by atoms with van der Waals surface area (Å²) in [4.78, 5) is 34.6. The molecule has 3 aromatic rings. The Balaban J connectivity index is 1.38. The van der Waals surface area contributed by atoms with E-state index in [2.05, 4.69) is 15.3 Å². The van der Waals surface area contributed by atoms with E-state index in [-0.39, 0.29) is 36.5 Å². The van der Waals surface area contributed by atoms with Crippen LogP contribution in [0.5, 0.6) is 17.5 Å². The van der Waals surface area contributed by atoms with Crippen molar-refractivity contribution >= 4 is 23.2 Å². The monoisotopic (exact) mass is 422 g/mol. The van der Waals surface area contributed by atoms with Gasteiger partial charge < -0.3 is 19.7 Å². The van der Waals surface area contributed by atoms with Crippen LogP contribution >= 0.6 is 0 Å². The second kappa shape index (κ2) is 8.78. The maximum atomic E-state index is 13.7. The molecule has 2 aromatic carbocycles. The normalized spacial score (nSPS) is 15.6. The van der Waals surface area contributed by atoms with Crippen molar-refractivity contribution in [3.63, 3.8) is 0 Å². The molecular weight excluding hydrogens is 403 g/mol. The van der Waals surface area contributed by atoms with E-state index in [1.54, 1.807) is 48.4 Å². The molecular formula is C22H19FN4O4. The molecule has 1 aliphatic heterocycles. The molecule has 1 aromatic heterocycles. The fourth-order valence-electron chi connectivity index (χ4n) is 3.21. The summed E-state index contributed by atoms with van der Waals surface area (Å²) in [5.74, 6) is -0.874. The van der Waals surface area contributed by atoms with Crippen LogP contribution in [0.2, 0.25) is 0 Å². The molecule has 1 aliphatic rings. The van der Waals surface area contributed by atoms with Crippen LogP contribution in [-0.4, -0.2) is 35.4 Å². The first-order chi connectivity index (χ1) is 15.0. The van der Waals surface area contributed by atoms with Crippen molar-refractivity contribution in [2.24, 2.45) is 5.92 Å². The molecule has 8 nitrogen and oxygen atoms in total. The summed E-state index contributed by atoms with van der Waals surface area (Å²) in [6, 6.07) is 13.0. The highest BCUT2D eigenvalue weighted by atomic mass is 19.1. The third-order valence-electron chi connectivity index (χ3n) is 4.79. The maximum Gasteiger partial charge on any atom is 0.322 e. The van der Waals surface area contributed by atoms with E-state index in [1.165, 1.54) is 24.5 Å². The summed E-state index contributed by atoms with van der Waals surface area (Å²) in [7, 11) is 1.55. The maximum absolute atomic E-state index is 13.7. The zero-order valence-corrected chi connectivity index (χ0v) is 16.6. The van der Waals surface area contributed by atoms with Crippen LogP contribution in [0.15, 0.2) is 60.9 Å². The van der Waals surface area contributed by atoms with Crippen LogP contribution in [0.3, 0.4) is 0 Å². The lowest BCUT2D eigenvalue weighted by molar-refractivity contribution is -0.122. The minimum Gasteiger partial charge on any atom is -0.497 e. The van der Waals surface area contributed by atoms with Gasteiger partial charge in [0.05, 0.1) is 31.1 Å². The van der Waals surface area contributed by atoms with Gasteiger partial charge in [0.2, 0.25) is 11.8 Å². The predicted octanol–water partition coefficient (Wildman–Crippen LogP) is 3.41. The summed E-state index contributed by atoms with van der Waals surface area (Å²) in [5.41, 5.74) is 1.02. The fourth-order valence-corrected chi connectivity index (χ4v) is 3.21. The number of hydrogen-bond donors (Lipinski definition) is 1. The summed E-state index contributed by atoms with van der Waals surface area (Å²) in [5, 5.41) is 2.70. The topological polar surface area (TPSA) is 93.7 Å². The third-order valence-corrected chi connectivity index (χ3v) is 4.79. The first-order valence-corrected chi connectivity index (χ1v) is 9.53. The Morgan fingerprint density at radius 2 is 1.94 bits per heavy atom. The van der Waals surface area contributed by atoms with Crippen LogP contribution in [0.25, 0.3) is 0 Å². The molecule has 9 heteroatoms. The lowest BCUT2D eigenvalue weighted by Gasteiger charge is -2.17. The van der Waals surface area contributed by atoms with E-state index in [0.29, 0.717) is 17.1 Å². The molecule has 0 spiro atoms. The number of ether oxygens (including phenoxy) is 2. The van der Waals surface area contributed by atoms with Gasteiger partial charge in [-0.2, -0.15) is 0 Å². The van der Waals surface area contributed by atoms with Gasteiger partial charge >= 0.3 is 6.01 Å². The Kier molecular flexibility index (Phi) is 5.74. The average Bonchev–Trinajstić information content (AvgIpc) is 3.18.